The van der Waals surface area contributed by atoms with Crippen molar-refractivity contribution in [2.75, 3.05) is 17.2 Å². The van der Waals surface area contributed by atoms with Crippen molar-refractivity contribution in [2.24, 2.45) is 0 Å². The monoisotopic (exact) mass is 280 g/mol. The molecule has 0 unspecified atom stereocenters. The molecule has 0 radical (unpaired) electrons. The van der Waals surface area contributed by atoms with E-state index >= 15 is 0 Å². The van der Waals surface area contributed by atoms with Gasteiger partial charge in [0.1, 0.15) is 0 Å². The third kappa shape index (κ3) is 2.80. The summed E-state index contributed by atoms with van der Waals surface area (Å²) >= 11 is 0. The zero-order chi connectivity index (χ0) is 14.7. The molecule has 106 valence electrons. The van der Waals surface area contributed by atoms with Crippen LogP contribution in [0.5, 0.6) is 0 Å². The highest BCUT2D eigenvalue weighted by Gasteiger charge is 2.23. The molecule has 0 bridgehead atoms. The van der Waals surface area contributed by atoms with Gasteiger partial charge < -0.3 is 15.7 Å². The topological polar surface area (TPSA) is 61.4 Å². The molecule has 1 aliphatic rings. The van der Waals surface area contributed by atoms with Crippen LogP contribution < -0.4 is 10.6 Å². The van der Waals surface area contributed by atoms with Crippen LogP contribution in [0.25, 0.3) is 5.57 Å². The first-order valence-electron chi connectivity index (χ1n) is 6.85. The number of para-hydroxylation sites is 1. The summed E-state index contributed by atoms with van der Waals surface area (Å²) in [5, 5.41) is 15.0. The summed E-state index contributed by atoms with van der Waals surface area (Å²) in [5.41, 5.74) is 4.31. The number of hydrogen-bond donors (Lipinski definition) is 3. The number of amides is 1. The number of aliphatic hydroxyl groups is 1. The van der Waals surface area contributed by atoms with E-state index in [1.807, 2.05) is 48.5 Å². The lowest BCUT2D eigenvalue weighted by atomic mass is 10.1. The normalized spacial score (nSPS) is 14.9. The summed E-state index contributed by atoms with van der Waals surface area (Å²) in [6, 6.07) is 15.4. The average Bonchev–Trinajstić information content (AvgIpc) is 2.81. The molecule has 0 aromatic heterocycles. The number of fused-ring (bicyclic) bond motifs is 1. The molecule has 1 amide bonds. The molecule has 0 atom stereocenters. The van der Waals surface area contributed by atoms with Gasteiger partial charge in [0.25, 0.3) is 5.91 Å². The second kappa shape index (κ2) is 5.81. The third-order valence-corrected chi connectivity index (χ3v) is 3.42. The van der Waals surface area contributed by atoms with Gasteiger partial charge in [0.15, 0.2) is 0 Å². The first kappa shape index (κ1) is 13.4. The SMILES string of the molecule is O=C1Nc2ccccc2C1=CNc1cccc(CCO)c1. The van der Waals surface area contributed by atoms with Gasteiger partial charge in [0.2, 0.25) is 0 Å². The lowest BCUT2D eigenvalue weighted by Crippen LogP contribution is -2.05. The summed E-state index contributed by atoms with van der Waals surface area (Å²) in [5.74, 6) is -0.102. The smallest absolute Gasteiger partial charge is 0.257 e. The lowest BCUT2D eigenvalue weighted by molar-refractivity contribution is -0.110. The van der Waals surface area contributed by atoms with Crippen molar-refractivity contribution >= 4 is 22.9 Å². The van der Waals surface area contributed by atoms with Crippen LogP contribution in [-0.2, 0) is 11.2 Å². The molecule has 1 heterocycles. The Morgan fingerprint density at radius 1 is 1.14 bits per heavy atom. The second-order valence-corrected chi connectivity index (χ2v) is 4.88. The fourth-order valence-corrected chi connectivity index (χ4v) is 2.38. The van der Waals surface area contributed by atoms with Gasteiger partial charge in [-0.05, 0) is 30.2 Å². The number of carbonyl (C=O) groups excluding carboxylic acids is 1. The average molecular weight is 280 g/mol. The van der Waals surface area contributed by atoms with E-state index in [-0.39, 0.29) is 12.5 Å². The van der Waals surface area contributed by atoms with Crippen LogP contribution in [0.1, 0.15) is 11.1 Å². The standard InChI is InChI=1S/C17H16N2O2/c20-9-8-12-4-3-5-13(10-12)18-11-15-14-6-1-2-7-16(14)19-17(15)21/h1-7,10-11,18,20H,8-9H2,(H,19,21). The van der Waals surface area contributed by atoms with Gasteiger partial charge in [0, 0.05) is 29.7 Å². The molecule has 2 aromatic rings. The lowest BCUT2D eigenvalue weighted by Gasteiger charge is -2.05. The van der Waals surface area contributed by atoms with Gasteiger partial charge in [-0.15, -0.1) is 0 Å². The summed E-state index contributed by atoms with van der Waals surface area (Å²) < 4.78 is 0. The molecule has 0 saturated heterocycles. The maximum absolute atomic E-state index is 12.0. The number of hydrogen-bond acceptors (Lipinski definition) is 3. The maximum atomic E-state index is 12.0. The third-order valence-electron chi connectivity index (χ3n) is 3.42. The molecule has 2 aromatic carbocycles. The summed E-state index contributed by atoms with van der Waals surface area (Å²) in [7, 11) is 0. The molecule has 0 fully saturated rings. The van der Waals surface area contributed by atoms with Crippen molar-refractivity contribution < 1.29 is 9.90 Å². The van der Waals surface area contributed by atoms with Crippen LogP contribution in [0.4, 0.5) is 11.4 Å². The zero-order valence-corrected chi connectivity index (χ0v) is 11.5. The Kier molecular flexibility index (Phi) is 3.71. The fourth-order valence-electron chi connectivity index (χ4n) is 2.38. The van der Waals surface area contributed by atoms with Gasteiger partial charge in [-0.3, -0.25) is 4.79 Å². The Morgan fingerprint density at radius 2 is 2.00 bits per heavy atom. The van der Waals surface area contributed by atoms with Gasteiger partial charge in [-0.2, -0.15) is 0 Å². The first-order valence-corrected chi connectivity index (χ1v) is 6.85. The minimum atomic E-state index is -0.102. The molecule has 4 heteroatoms. The number of benzene rings is 2. The number of aliphatic hydroxyl groups excluding tert-OH is 1. The number of anilines is 2. The minimum absolute atomic E-state index is 0.102. The zero-order valence-electron chi connectivity index (χ0n) is 11.5. The van der Waals surface area contributed by atoms with Crippen molar-refractivity contribution in [1.29, 1.82) is 0 Å². The minimum Gasteiger partial charge on any atom is -0.396 e. The second-order valence-electron chi connectivity index (χ2n) is 4.88. The van der Waals surface area contributed by atoms with E-state index in [1.165, 1.54) is 0 Å². The summed E-state index contributed by atoms with van der Waals surface area (Å²) in [6.45, 7) is 0.125. The molecule has 0 saturated carbocycles. The highest BCUT2D eigenvalue weighted by atomic mass is 16.2. The summed E-state index contributed by atoms with van der Waals surface area (Å²) in [6.07, 6.45) is 2.34. The Bertz CT molecular complexity index is 707. The van der Waals surface area contributed by atoms with Crippen LogP contribution >= 0.6 is 0 Å². The number of nitrogens with one attached hydrogen (secondary N) is 2. The molecule has 3 rings (SSSR count). The molecule has 4 nitrogen and oxygen atoms in total. The quantitative estimate of drug-likeness (QED) is 0.754. The van der Waals surface area contributed by atoms with Crippen LogP contribution in [0.3, 0.4) is 0 Å². The van der Waals surface area contributed by atoms with Crippen LogP contribution in [0, 0.1) is 0 Å². The fraction of sp³-hybridized carbons (Fsp3) is 0.118. The predicted molar refractivity (Wildman–Crippen MR) is 83.9 cm³/mol. The largest absolute Gasteiger partial charge is 0.396 e. The highest BCUT2D eigenvalue weighted by molar-refractivity contribution is 6.31. The van der Waals surface area contributed by atoms with Gasteiger partial charge in [-0.25, -0.2) is 0 Å². The molecule has 3 N–H and O–H groups in total. The molecular formula is C17H16N2O2. The van der Waals surface area contributed by atoms with Gasteiger partial charge in [0.05, 0.1) is 5.57 Å². The molecule has 0 spiro atoms. The van der Waals surface area contributed by atoms with Gasteiger partial charge in [-0.1, -0.05) is 30.3 Å². The molecule has 1 aliphatic heterocycles. The number of carbonyl (C=O) groups is 1. The van der Waals surface area contributed by atoms with E-state index in [1.54, 1.807) is 6.20 Å². The maximum Gasteiger partial charge on any atom is 0.257 e. The van der Waals surface area contributed by atoms with E-state index in [4.69, 9.17) is 5.11 Å². The van der Waals surface area contributed by atoms with Gasteiger partial charge >= 0.3 is 0 Å². The van der Waals surface area contributed by atoms with Crippen LogP contribution in [0.15, 0.2) is 54.7 Å². The van der Waals surface area contributed by atoms with Crippen molar-refractivity contribution in [3.8, 4) is 0 Å². The summed E-state index contributed by atoms with van der Waals surface area (Å²) in [4.78, 5) is 12.0. The molecule has 0 aliphatic carbocycles. The molecular weight excluding hydrogens is 264 g/mol. The number of rotatable bonds is 4. The highest BCUT2D eigenvalue weighted by Crippen LogP contribution is 2.31. The van der Waals surface area contributed by atoms with Crippen molar-refractivity contribution in [2.45, 2.75) is 6.42 Å². The van der Waals surface area contributed by atoms with E-state index in [0.717, 1.165) is 22.5 Å². The Morgan fingerprint density at radius 3 is 2.86 bits per heavy atom. The van der Waals surface area contributed by atoms with E-state index in [0.29, 0.717) is 12.0 Å². The Labute approximate surface area is 123 Å². The molecule has 21 heavy (non-hydrogen) atoms. The van der Waals surface area contributed by atoms with Crippen molar-refractivity contribution in [3.63, 3.8) is 0 Å². The van der Waals surface area contributed by atoms with Crippen LogP contribution in [-0.4, -0.2) is 17.6 Å². The van der Waals surface area contributed by atoms with Crippen molar-refractivity contribution in [3.05, 3.63) is 65.9 Å². The van der Waals surface area contributed by atoms with E-state index in [2.05, 4.69) is 10.6 Å². The Balaban J connectivity index is 1.83. The first-order chi connectivity index (χ1) is 10.3. The predicted octanol–water partition coefficient (Wildman–Crippen LogP) is 2.63. The van der Waals surface area contributed by atoms with E-state index in [9.17, 15) is 4.79 Å². The van der Waals surface area contributed by atoms with Crippen molar-refractivity contribution in [1.82, 2.24) is 0 Å². The van der Waals surface area contributed by atoms with E-state index < -0.39 is 0 Å². The Hall–Kier alpha value is -2.59. The van der Waals surface area contributed by atoms with Crippen LogP contribution in [0.2, 0.25) is 0 Å².